The molecule has 0 aliphatic carbocycles. The zero-order valence-electron chi connectivity index (χ0n) is 18.1. The molecule has 170 valence electrons. The molecule has 1 amide bonds. The van der Waals surface area contributed by atoms with Crippen LogP contribution >= 0.6 is 11.6 Å². The highest BCUT2D eigenvalue weighted by atomic mass is 35.5. The van der Waals surface area contributed by atoms with Crippen LogP contribution < -0.4 is 15.0 Å². The number of hydrogen-bond donors (Lipinski definition) is 3. The van der Waals surface area contributed by atoms with Gasteiger partial charge in [0.2, 0.25) is 5.91 Å². The normalized spacial score (nSPS) is 24.4. The number of aliphatic hydroxyl groups excluding tert-OH is 1. The number of carbonyl (C=O) groups is 1. The number of halogens is 1. The average Bonchev–Trinajstić information content (AvgIpc) is 3.29. The number of piperidine rings is 1. The number of benzene rings is 2. The number of β-amino-alcohol motifs (C(OH)–C–C–N with tert-alkyl or cyclic N) is 1. The maximum atomic E-state index is 11.6. The number of nitrogens with one attached hydrogen (secondary N) is 1. The van der Waals surface area contributed by atoms with Crippen LogP contribution in [0.15, 0.2) is 36.4 Å². The second kappa shape index (κ2) is 8.14. The van der Waals surface area contributed by atoms with Gasteiger partial charge in [0.05, 0.1) is 23.5 Å². The molecule has 2 saturated heterocycles. The van der Waals surface area contributed by atoms with Gasteiger partial charge in [-0.25, -0.2) is 0 Å². The first-order chi connectivity index (χ1) is 15.3. The Balaban J connectivity index is 1.26. The van der Waals surface area contributed by atoms with E-state index in [1.54, 1.807) is 18.2 Å². The Morgan fingerprint density at radius 2 is 1.97 bits per heavy atom. The molecule has 5 rings (SSSR count). The summed E-state index contributed by atoms with van der Waals surface area (Å²) < 4.78 is 6.36. The number of fused-ring (bicyclic) bond motifs is 1. The Labute approximate surface area is 192 Å². The van der Waals surface area contributed by atoms with Crippen LogP contribution in [-0.2, 0) is 11.2 Å². The van der Waals surface area contributed by atoms with Crippen LogP contribution in [0.2, 0.25) is 5.02 Å². The summed E-state index contributed by atoms with van der Waals surface area (Å²) in [7, 11) is 0. The van der Waals surface area contributed by atoms with Gasteiger partial charge in [-0.3, -0.25) is 9.69 Å². The van der Waals surface area contributed by atoms with Crippen molar-refractivity contribution in [3.8, 4) is 11.5 Å². The van der Waals surface area contributed by atoms with Crippen molar-refractivity contribution in [3.05, 3.63) is 47.0 Å². The van der Waals surface area contributed by atoms with Crippen LogP contribution in [0.4, 0.5) is 11.4 Å². The van der Waals surface area contributed by atoms with Crippen molar-refractivity contribution in [2.24, 2.45) is 0 Å². The number of phenolic OH excluding ortho intramolecular Hbond substituents is 1. The topological polar surface area (TPSA) is 85.3 Å². The highest BCUT2D eigenvalue weighted by molar-refractivity contribution is 6.30. The number of anilines is 2. The van der Waals surface area contributed by atoms with Crippen LogP contribution in [-0.4, -0.2) is 64.9 Å². The molecule has 1 unspecified atom stereocenters. The van der Waals surface area contributed by atoms with Crippen molar-refractivity contribution in [2.45, 2.75) is 43.9 Å². The van der Waals surface area contributed by atoms with E-state index in [0.29, 0.717) is 18.8 Å². The average molecular weight is 458 g/mol. The van der Waals surface area contributed by atoms with Crippen molar-refractivity contribution in [2.75, 3.05) is 36.4 Å². The van der Waals surface area contributed by atoms with Crippen molar-refractivity contribution in [1.82, 2.24) is 4.90 Å². The Kier molecular flexibility index (Phi) is 5.43. The van der Waals surface area contributed by atoms with Crippen LogP contribution in [0.1, 0.15) is 25.3 Å². The van der Waals surface area contributed by atoms with E-state index in [2.05, 4.69) is 10.2 Å². The molecule has 3 aliphatic rings. The van der Waals surface area contributed by atoms with E-state index in [1.165, 1.54) is 12.5 Å². The van der Waals surface area contributed by atoms with Crippen LogP contribution in [0.5, 0.6) is 11.5 Å². The van der Waals surface area contributed by atoms with Gasteiger partial charge < -0.3 is 25.2 Å². The predicted molar refractivity (Wildman–Crippen MR) is 124 cm³/mol. The van der Waals surface area contributed by atoms with E-state index in [-0.39, 0.29) is 23.3 Å². The molecule has 0 saturated carbocycles. The largest absolute Gasteiger partial charge is 0.508 e. The second-order valence-corrected chi connectivity index (χ2v) is 9.61. The number of hydrogen-bond acceptors (Lipinski definition) is 6. The number of aromatic hydroxyl groups is 1. The van der Waals surface area contributed by atoms with E-state index < -0.39 is 6.10 Å². The molecule has 3 aliphatic heterocycles. The summed E-state index contributed by atoms with van der Waals surface area (Å²) in [5.74, 6) is 0.891. The van der Waals surface area contributed by atoms with Gasteiger partial charge in [0, 0.05) is 63.5 Å². The van der Waals surface area contributed by atoms with Gasteiger partial charge in [0.1, 0.15) is 17.1 Å². The molecule has 0 bridgehead atoms. The lowest BCUT2D eigenvalue weighted by atomic mass is 9.86. The Morgan fingerprint density at radius 1 is 1.19 bits per heavy atom. The first-order valence-electron chi connectivity index (χ1n) is 11.1. The molecule has 2 aromatic carbocycles. The van der Waals surface area contributed by atoms with E-state index in [9.17, 15) is 15.0 Å². The number of aliphatic hydroxyl groups is 1. The maximum Gasteiger partial charge on any atom is 0.221 e. The fraction of sp³-hybridized carbons (Fsp3) is 0.458. The van der Waals surface area contributed by atoms with E-state index in [1.807, 2.05) is 23.1 Å². The third-order valence-electron chi connectivity index (χ3n) is 6.93. The van der Waals surface area contributed by atoms with Crippen LogP contribution in [0, 0.1) is 0 Å². The summed E-state index contributed by atoms with van der Waals surface area (Å²) >= 11 is 6.15. The quantitative estimate of drug-likeness (QED) is 0.614. The molecular formula is C24H28ClN3O4. The smallest absolute Gasteiger partial charge is 0.221 e. The minimum Gasteiger partial charge on any atom is -0.508 e. The monoisotopic (exact) mass is 457 g/mol. The number of likely N-dealkylation sites (tertiary alicyclic amines) is 1. The zero-order chi connectivity index (χ0) is 22.5. The summed E-state index contributed by atoms with van der Waals surface area (Å²) in [6.45, 7) is 4.22. The van der Waals surface area contributed by atoms with Crippen LogP contribution in [0.25, 0.3) is 0 Å². The molecule has 3 N–H and O–H groups in total. The van der Waals surface area contributed by atoms with Gasteiger partial charge >= 0.3 is 0 Å². The first kappa shape index (κ1) is 21.4. The first-order valence-corrected chi connectivity index (χ1v) is 11.4. The standard InChI is InChI=1S/C24H28ClN3O4/c1-15(29)26-19-4-3-18(30)11-20(19)28-13-21(22(31)14-28)27-8-6-24(7-9-27)12-16-10-17(25)2-5-23(16)32-24/h2-5,10-11,21-22,30-31H,6-9,12-14H2,1H3,(H,26,29)/t21?,22-/m1/s1. The van der Waals surface area contributed by atoms with Gasteiger partial charge in [-0.1, -0.05) is 11.6 Å². The summed E-state index contributed by atoms with van der Waals surface area (Å²) in [6.07, 6.45) is 2.15. The molecule has 0 radical (unpaired) electrons. The highest BCUT2D eigenvalue weighted by Crippen LogP contribution is 2.43. The molecule has 3 heterocycles. The van der Waals surface area contributed by atoms with Crippen LogP contribution in [0.3, 0.4) is 0 Å². The lowest BCUT2D eigenvalue weighted by molar-refractivity contribution is -0.114. The summed E-state index contributed by atoms with van der Waals surface area (Å²) in [5, 5.41) is 24.4. The number of carbonyl (C=O) groups excluding carboxylic acids is 1. The minimum absolute atomic E-state index is 0.0156. The zero-order valence-corrected chi connectivity index (χ0v) is 18.8. The Bertz CT molecular complexity index is 1040. The fourth-order valence-electron chi connectivity index (χ4n) is 5.35. The maximum absolute atomic E-state index is 11.6. The molecule has 0 aromatic heterocycles. The van der Waals surface area contributed by atoms with Crippen molar-refractivity contribution in [1.29, 1.82) is 0 Å². The van der Waals surface area contributed by atoms with Crippen molar-refractivity contribution in [3.63, 3.8) is 0 Å². The lowest BCUT2D eigenvalue weighted by Gasteiger charge is -2.41. The van der Waals surface area contributed by atoms with E-state index in [4.69, 9.17) is 16.3 Å². The number of amides is 1. The molecule has 1 spiro atoms. The SMILES string of the molecule is CC(=O)Nc1ccc(O)cc1N1CC(N2CCC3(CC2)Cc2cc(Cl)ccc2O3)[C@H](O)C1. The Hall–Kier alpha value is -2.48. The molecule has 2 atom stereocenters. The van der Waals surface area contributed by atoms with Gasteiger partial charge in [-0.2, -0.15) is 0 Å². The third kappa shape index (κ3) is 4.00. The van der Waals surface area contributed by atoms with Gasteiger partial charge in [0.25, 0.3) is 0 Å². The Morgan fingerprint density at radius 3 is 2.72 bits per heavy atom. The summed E-state index contributed by atoms with van der Waals surface area (Å²) in [5.41, 5.74) is 2.35. The van der Waals surface area contributed by atoms with Crippen molar-refractivity contribution >= 4 is 28.9 Å². The number of nitrogens with zero attached hydrogens (tertiary/aromatic N) is 2. The predicted octanol–water partition coefficient (Wildman–Crippen LogP) is 3.02. The third-order valence-corrected chi connectivity index (χ3v) is 7.17. The lowest BCUT2D eigenvalue weighted by Crippen LogP contribution is -2.53. The molecule has 32 heavy (non-hydrogen) atoms. The number of rotatable bonds is 3. The molecule has 2 fully saturated rings. The van der Waals surface area contributed by atoms with Gasteiger partial charge in [-0.05, 0) is 35.9 Å². The number of phenols is 1. The highest BCUT2D eigenvalue weighted by Gasteiger charge is 2.45. The second-order valence-electron chi connectivity index (χ2n) is 9.17. The van der Waals surface area contributed by atoms with Gasteiger partial charge in [0.15, 0.2) is 0 Å². The minimum atomic E-state index is -0.517. The molecule has 7 nitrogen and oxygen atoms in total. The number of ether oxygens (including phenoxy) is 1. The molecule has 8 heteroatoms. The van der Waals surface area contributed by atoms with Gasteiger partial charge in [-0.15, -0.1) is 0 Å². The summed E-state index contributed by atoms with van der Waals surface area (Å²) in [6, 6.07) is 10.7. The van der Waals surface area contributed by atoms with E-state index >= 15 is 0 Å². The van der Waals surface area contributed by atoms with E-state index in [0.717, 1.165) is 48.8 Å². The molecule has 2 aromatic rings. The molecular weight excluding hydrogens is 430 g/mol. The van der Waals surface area contributed by atoms with Crippen molar-refractivity contribution < 1.29 is 19.7 Å². The summed E-state index contributed by atoms with van der Waals surface area (Å²) in [4.78, 5) is 16.0. The fourth-order valence-corrected chi connectivity index (χ4v) is 5.54.